The van der Waals surface area contributed by atoms with Crippen molar-refractivity contribution in [3.05, 3.63) is 83.7 Å². The van der Waals surface area contributed by atoms with Crippen molar-refractivity contribution in [1.29, 1.82) is 0 Å². The summed E-state index contributed by atoms with van der Waals surface area (Å²) in [6.07, 6.45) is 3.69. The Bertz CT molecular complexity index is 687. The van der Waals surface area contributed by atoms with Crippen LogP contribution in [0.1, 0.15) is 16.8 Å². The molecule has 21 heavy (non-hydrogen) atoms. The Hall–Kier alpha value is -2.39. The Morgan fingerprint density at radius 2 is 1.57 bits per heavy atom. The van der Waals surface area contributed by atoms with Crippen LogP contribution in [0.4, 0.5) is 0 Å². The maximum Gasteiger partial charge on any atom is 0.0648 e. The van der Waals surface area contributed by atoms with Gasteiger partial charge in [0.05, 0.1) is 11.9 Å². The number of aromatic nitrogens is 2. The van der Waals surface area contributed by atoms with Gasteiger partial charge in [0.15, 0.2) is 0 Å². The highest BCUT2D eigenvalue weighted by Gasteiger charge is 2.11. The summed E-state index contributed by atoms with van der Waals surface area (Å²) in [4.78, 5) is 0. The minimum Gasteiger partial charge on any atom is -0.330 e. The van der Waals surface area contributed by atoms with E-state index in [-0.39, 0.29) is 0 Å². The fourth-order valence-electron chi connectivity index (χ4n) is 2.57. The van der Waals surface area contributed by atoms with Crippen molar-refractivity contribution < 1.29 is 0 Å². The minimum absolute atomic E-state index is 0.625. The van der Waals surface area contributed by atoms with Gasteiger partial charge >= 0.3 is 0 Å². The molecule has 0 amide bonds. The van der Waals surface area contributed by atoms with E-state index in [1.165, 1.54) is 16.8 Å². The Morgan fingerprint density at radius 3 is 2.24 bits per heavy atom. The van der Waals surface area contributed by atoms with Gasteiger partial charge in [-0.3, -0.25) is 0 Å². The molecule has 0 aliphatic carbocycles. The zero-order chi connectivity index (χ0) is 14.5. The highest BCUT2D eigenvalue weighted by Crippen LogP contribution is 2.18. The van der Waals surface area contributed by atoms with Gasteiger partial charge in [-0.25, -0.2) is 4.68 Å². The molecule has 0 unspecified atom stereocenters. The number of rotatable bonds is 5. The zero-order valence-electron chi connectivity index (χ0n) is 11.9. The van der Waals surface area contributed by atoms with Gasteiger partial charge in [-0.05, 0) is 29.8 Å². The van der Waals surface area contributed by atoms with Crippen molar-refractivity contribution in [1.82, 2.24) is 9.78 Å². The second-order valence-corrected chi connectivity index (χ2v) is 5.06. The van der Waals surface area contributed by atoms with Gasteiger partial charge in [-0.1, -0.05) is 48.5 Å². The molecule has 2 aromatic carbocycles. The second kappa shape index (κ2) is 6.37. The highest BCUT2D eigenvalue weighted by atomic mass is 15.3. The van der Waals surface area contributed by atoms with Gasteiger partial charge in [-0.2, -0.15) is 5.10 Å². The average molecular weight is 277 g/mol. The van der Waals surface area contributed by atoms with Gasteiger partial charge in [-0.15, -0.1) is 0 Å². The molecule has 0 bridgehead atoms. The first kappa shape index (κ1) is 13.6. The van der Waals surface area contributed by atoms with Gasteiger partial charge in [0.2, 0.25) is 0 Å². The van der Waals surface area contributed by atoms with E-state index in [1.54, 1.807) is 0 Å². The Morgan fingerprint density at radius 1 is 0.905 bits per heavy atom. The lowest BCUT2D eigenvalue weighted by molar-refractivity contribution is 0.786. The van der Waals surface area contributed by atoms with Crippen molar-refractivity contribution in [2.45, 2.75) is 12.8 Å². The largest absolute Gasteiger partial charge is 0.330 e. The third-order valence-corrected chi connectivity index (χ3v) is 3.57. The molecule has 1 aromatic heterocycles. The van der Waals surface area contributed by atoms with Crippen LogP contribution >= 0.6 is 0 Å². The van der Waals surface area contributed by atoms with E-state index < -0.39 is 0 Å². The number of nitrogens with zero attached hydrogens (tertiary/aromatic N) is 2. The van der Waals surface area contributed by atoms with E-state index in [1.807, 2.05) is 35.1 Å². The minimum atomic E-state index is 0.625. The van der Waals surface area contributed by atoms with E-state index in [9.17, 15) is 0 Å². The SMILES string of the molecule is NCCc1c(Cc2ccccc2)cnn1-c1ccccc1. The van der Waals surface area contributed by atoms with Crippen LogP contribution in [0, 0.1) is 0 Å². The van der Waals surface area contributed by atoms with Crippen LogP contribution < -0.4 is 5.73 Å². The first-order valence-electron chi connectivity index (χ1n) is 7.23. The molecule has 3 rings (SSSR count). The molecule has 3 nitrogen and oxygen atoms in total. The lowest BCUT2D eigenvalue weighted by Crippen LogP contribution is -2.10. The van der Waals surface area contributed by atoms with Crippen LogP contribution in [-0.2, 0) is 12.8 Å². The van der Waals surface area contributed by atoms with E-state index >= 15 is 0 Å². The summed E-state index contributed by atoms with van der Waals surface area (Å²) in [6, 6.07) is 20.7. The molecule has 0 aliphatic heterocycles. The summed E-state index contributed by atoms with van der Waals surface area (Å²) >= 11 is 0. The molecule has 3 heteroatoms. The number of para-hydroxylation sites is 1. The maximum absolute atomic E-state index is 5.79. The molecule has 3 aromatic rings. The third-order valence-electron chi connectivity index (χ3n) is 3.57. The van der Waals surface area contributed by atoms with E-state index in [0.29, 0.717) is 6.54 Å². The number of hydrogen-bond donors (Lipinski definition) is 1. The molecular formula is C18H19N3. The van der Waals surface area contributed by atoms with Gasteiger partial charge in [0.25, 0.3) is 0 Å². The molecule has 0 saturated heterocycles. The van der Waals surface area contributed by atoms with Gasteiger partial charge < -0.3 is 5.73 Å². The summed E-state index contributed by atoms with van der Waals surface area (Å²) in [6.45, 7) is 0.625. The molecule has 106 valence electrons. The van der Waals surface area contributed by atoms with Gasteiger partial charge in [0, 0.05) is 18.5 Å². The highest BCUT2D eigenvalue weighted by molar-refractivity contribution is 5.37. The first-order chi connectivity index (χ1) is 10.4. The maximum atomic E-state index is 5.79. The monoisotopic (exact) mass is 277 g/mol. The molecule has 0 fully saturated rings. The van der Waals surface area contributed by atoms with Crippen LogP contribution in [-0.4, -0.2) is 16.3 Å². The summed E-state index contributed by atoms with van der Waals surface area (Å²) in [5, 5.41) is 4.56. The van der Waals surface area contributed by atoms with Crippen LogP contribution in [0.3, 0.4) is 0 Å². The van der Waals surface area contributed by atoms with Crippen LogP contribution in [0.2, 0.25) is 0 Å². The second-order valence-electron chi connectivity index (χ2n) is 5.06. The van der Waals surface area contributed by atoms with Crippen LogP contribution in [0.15, 0.2) is 66.9 Å². The molecule has 1 heterocycles. The topological polar surface area (TPSA) is 43.8 Å². The fourth-order valence-corrected chi connectivity index (χ4v) is 2.57. The molecule has 0 saturated carbocycles. The normalized spacial score (nSPS) is 10.7. The first-order valence-corrected chi connectivity index (χ1v) is 7.23. The van der Waals surface area contributed by atoms with Crippen molar-refractivity contribution in [2.24, 2.45) is 5.73 Å². The summed E-state index contributed by atoms with van der Waals surface area (Å²) in [7, 11) is 0. The summed E-state index contributed by atoms with van der Waals surface area (Å²) < 4.78 is 2.01. The predicted molar refractivity (Wildman–Crippen MR) is 85.6 cm³/mol. The van der Waals surface area contributed by atoms with Crippen molar-refractivity contribution in [3.8, 4) is 5.69 Å². The van der Waals surface area contributed by atoms with E-state index in [2.05, 4.69) is 41.5 Å². The van der Waals surface area contributed by atoms with Crippen LogP contribution in [0.25, 0.3) is 5.69 Å². The van der Waals surface area contributed by atoms with E-state index in [4.69, 9.17) is 5.73 Å². The predicted octanol–water partition coefficient (Wildman–Crippen LogP) is 2.96. The number of nitrogens with two attached hydrogens (primary N) is 1. The Labute approximate surface area is 125 Å². The Balaban J connectivity index is 1.96. The lowest BCUT2D eigenvalue weighted by atomic mass is 10.0. The number of benzene rings is 2. The Kier molecular flexibility index (Phi) is 4.12. The molecular weight excluding hydrogens is 258 g/mol. The smallest absolute Gasteiger partial charge is 0.0648 e. The molecule has 0 spiro atoms. The van der Waals surface area contributed by atoms with Crippen molar-refractivity contribution >= 4 is 0 Å². The fraction of sp³-hybridized carbons (Fsp3) is 0.167. The van der Waals surface area contributed by atoms with E-state index in [0.717, 1.165) is 18.5 Å². The molecule has 0 atom stereocenters. The molecule has 0 radical (unpaired) electrons. The molecule has 2 N–H and O–H groups in total. The standard InChI is InChI=1S/C18H19N3/c19-12-11-18-16(13-15-7-3-1-4-8-15)14-20-21(18)17-9-5-2-6-10-17/h1-10,14H,11-13,19H2. The summed E-state index contributed by atoms with van der Waals surface area (Å²) in [5.74, 6) is 0. The lowest BCUT2D eigenvalue weighted by Gasteiger charge is -2.09. The number of hydrogen-bond acceptors (Lipinski definition) is 2. The van der Waals surface area contributed by atoms with Crippen molar-refractivity contribution in [3.63, 3.8) is 0 Å². The third kappa shape index (κ3) is 3.03. The van der Waals surface area contributed by atoms with Gasteiger partial charge in [0.1, 0.15) is 0 Å². The summed E-state index contributed by atoms with van der Waals surface area (Å²) in [5.41, 5.74) is 10.6. The zero-order valence-corrected chi connectivity index (χ0v) is 11.9. The van der Waals surface area contributed by atoms with Crippen molar-refractivity contribution in [2.75, 3.05) is 6.54 Å². The quantitative estimate of drug-likeness (QED) is 0.779. The molecule has 0 aliphatic rings. The average Bonchev–Trinajstić information content (AvgIpc) is 2.92. The van der Waals surface area contributed by atoms with Crippen LogP contribution in [0.5, 0.6) is 0 Å².